The van der Waals surface area contributed by atoms with Crippen molar-refractivity contribution in [2.45, 2.75) is 17.7 Å². The second kappa shape index (κ2) is 7.13. The Morgan fingerprint density at radius 1 is 1.08 bits per heavy atom. The van der Waals surface area contributed by atoms with E-state index in [9.17, 15) is 13.2 Å². The lowest BCUT2D eigenvalue weighted by atomic mass is 10.3. The number of hydrogen-bond donors (Lipinski definition) is 0. The van der Waals surface area contributed by atoms with Crippen LogP contribution in [0.15, 0.2) is 21.5 Å². The van der Waals surface area contributed by atoms with E-state index in [0.29, 0.717) is 42.2 Å². The summed E-state index contributed by atoms with van der Waals surface area (Å²) in [4.78, 5) is 14.0. The highest BCUT2D eigenvalue weighted by Gasteiger charge is 2.37. The van der Waals surface area contributed by atoms with Gasteiger partial charge in [-0.05, 0) is 34.8 Å². The molecule has 0 N–H and O–H groups in total. The Morgan fingerprint density at radius 2 is 1.64 bits per heavy atom. The van der Waals surface area contributed by atoms with E-state index in [1.54, 1.807) is 11.0 Å². The number of rotatable bonds is 5. The molecule has 0 aromatic heterocycles. The smallest absolute Gasteiger partial charge is 0.244 e. The largest absolute Gasteiger partial charge is 0.493 e. The molecule has 0 radical (unpaired) electrons. The molecule has 9 heteroatoms. The van der Waals surface area contributed by atoms with Crippen molar-refractivity contribution in [2.75, 3.05) is 40.4 Å². The molecule has 7 nitrogen and oxygen atoms in total. The van der Waals surface area contributed by atoms with Crippen LogP contribution in [-0.4, -0.2) is 63.9 Å². The van der Waals surface area contributed by atoms with E-state index in [-0.39, 0.29) is 16.7 Å². The number of benzene rings is 1. The van der Waals surface area contributed by atoms with Crippen LogP contribution >= 0.6 is 15.9 Å². The van der Waals surface area contributed by atoms with Gasteiger partial charge in [-0.3, -0.25) is 4.79 Å². The first kappa shape index (κ1) is 18.5. The minimum Gasteiger partial charge on any atom is -0.493 e. The first-order chi connectivity index (χ1) is 11.9. The maximum atomic E-state index is 13.0. The fraction of sp³-hybridized carbons (Fsp3) is 0.562. The Labute approximate surface area is 156 Å². The molecule has 25 heavy (non-hydrogen) atoms. The first-order valence-corrected chi connectivity index (χ1v) is 10.3. The third-order valence-corrected chi connectivity index (χ3v) is 7.39. The maximum Gasteiger partial charge on any atom is 0.244 e. The Kier molecular flexibility index (Phi) is 5.26. The molecule has 2 fully saturated rings. The van der Waals surface area contributed by atoms with Gasteiger partial charge in [0.1, 0.15) is 4.90 Å². The van der Waals surface area contributed by atoms with Gasteiger partial charge in [0.15, 0.2) is 11.5 Å². The summed E-state index contributed by atoms with van der Waals surface area (Å²) in [5, 5.41) is 0. The minimum absolute atomic E-state index is 0.132. The average Bonchev–Trinajstić information content (AvgIpc) is 3.45. The highest BCUT2D eigenvalue weighted by Crippen LogP contribution is 2.37. The van der Waals surface area contributed by atoms with Crippen molar-refractivity contribution in [2.24, 2.45) is 5.92 Å². The number of amides is 1. The topological polar surface area (TPSA) is 76.2 Å². The summed E-state index contributed by atoms with van der Waals surface area (Å²) in [6.45, 7) is 1.45. The van der Waals surface area contributed by atoms with Gasteiger partial charge in [-0.1, -0.05) is 0 Å². The summed E-state index contributed by atoms with van der Waals surface area (Å²) in [7, 11) is -0.734. The van der Waals surface area contributed by atoms with Crippen molar-refractivity contribution in [1.29, 1.82) is 0 Å². The lowest BCUT2D eigenvalue weighted by Crippen LogP contribution is -2.50. The summed E-state index contributed by atoms with van der Waals surface area (Å²) in [5.41, 5.74) is 0. The molecule has 1 saturated heterocycles. The lowest BCUT2D eigenvalue weighted by Gasteiger charge is -2.34. The molecular weight excluding hydrogens is 412 g/mol. The summed E-state index contributed by atoms with van der Waals surface area (Å²) in [6.07, 6.45) is 1.91. The Balaban J connectivity index is 1.79. The molecule has 3 rings (SSSR count). The second-order valence-corrected chi connectivity index (χ2v) is 8.90. The summed E-state index contributed by atoms with van der Waals surface area (Å²) in [6, 6.07) is 3.04. The minimum atomic E-state index is -3.69. The van der Waals surface area contributed by atoms with Gasteiger partial charge in [-0.15, -0.1) is 0 Å². The Bertz CT molecular complexity index is 771. The molecule has 1 aliphatic carbocycles. The maximum absolute atomic E-state index is 13.0. The zero-order valence-corrected chi connectivity index (χ0v) is 16.6. The van der Waals surface area contributed by atoms with Crippen molar-refractivity contribution in [3.63, 3.8) is 0 Å². The van der Waals surface area contributed by atoms with E-state index < -0.39 is 10.0 Å². The van der Waals surface area contributed by atoms with Gasteiger partial charge < -0.3 is 14.4 Å². The van der Waals surface area contributed by atoms with Crippen molar-refractivity contribution in [3.05, 3.63) is 16.6 Å². The number of halogens is 1. The highest BCUT2D eigenvalue weighted by atomic mass is 79.9. The molecule has 1 amide bonds. The van der Waals surface area contributed by atoms with E-state index in [4.69, 9.17) is 9.47 Å². The standard InChI is InChI=1S/C16H21BrN2O5S/c1-23-13-9-12(17)15(10-14(13)24-2)25(21,22)19-7-5-18(6-8-19)16(20)11-3-4-11/h9-11H,3-8H2,1-2H3. The van der Waals surface area contributed by atoms with Crippen LogP contribution in [0.5, 0.6) is 11.5 Å². The van der Waals surface area contributed by atoms with Crippen LogP contribution in [0.25, 0.3) is 0 Å². The van der Waals surface area contributed by atoms with Crippen molar-refractivity contribution in [3.8, 4) is 11.5 Å². The van der Waals surface area contributed by atoms with Gasteiger partial charge >= 0.3 is 0 Å². The third-order valence-electron chi connectivity index (χ3n) is 4.53. The predicted octanol–water partition coefficient (Wildman–Crippen LogP) is 1.71. The average molecular weight is 433 g/mol. The van der Waals surface area contributed by atoms with E-state index >= 15 is 0 Å². The molecule has 1 aliphatic heterocycles. The van der Waals surface area contributed by atoms with E-state index in [1.165, 1.54) is 24.6 Å². The Morgan fingerprint density at radius 3 is 2.16 bits per heavy atom. The zero-order valence-electron chi connectivity index (χ0n) is 14.2. The van der Waals surface area contributed by atoms with Crippen molar-refractivity contribution in [1.82, 2.24) is 9.21 Å². The zero-order chi connectivity index (χ0) is 18.2. The number of hydrogen-bond acceptors (Lipinski definition) is 5. The number of carbonyl (C=O) groups excluding carboxylic acids is 1. The molecule has 0 spiro atoms. The summed E-state index contributed by atoms with van der Waals surface area (Å²) < 4.78 is 38.2. The summed E-state index contributed by atoms with van der Waals surface area (Å²) >= 11 is 3.31. The van der Waals surface area contributed by atoms with Gasteiger partial charge in [0.05, 0.1) is 14.2 Å². The molecule has 2 aliphatic rings. The second-order valence-electron chi connectivity index (χ2n) is 6.14. The van der Waals surface area contributed by atoms with Crippen LogP contribution < -0.4 is 9.47 Å². The van der Waals surface area contributed by atoms with Gasteiger partial charge in [-0.25, -0.2) is 8.42 Å². The van der Waals surface area contributed by atoms with E-state index in [2.05, 4.69) is 15.9 Å². The molecule has 1 aromatic rings. The van der Waals surface area contributed by atoms with Crippen LogP contribution in [0, 0.1) is 5.92 Å². The highest BCUT2D eigenvalue weighted by molar-refractivity contribution is 9.10. The van der Waals surface area contributed by atoms with Crippen molar-refractivity contribution < 1.29 is 22.7 Å². The molecule has 1 aromatic carbocycles. The van der Waals surface area contributed by atoms with Gasteiger partial charge in [-0.2, -0.15) is 4.31 Å². The van der Waals surface area contributed by atoms with Crippen LogP contribution in [-0.2, 0) is 14.8 Å². The third kappa shape index (κ3) is 3.63. The molecule has 0 bridgehead atoms. The van der Waals surface area contributed by atoms with Gasteiger partial charge in [0.25, 0.3) is 0 Å². The summed E-state index contributed by atoms with van der Waals surface area (Å²) in [5.74, 6) is 1.12. The van der Waals surface area contributed by atoms with Crippen LogP contribution in [0.2, 0.25) is 0 Å². The van der Waals surface area contributed by atoms with E-state index in [0.717, 1.165) is 12.8 Å². The SMILES string of the molecule is COc1cc(Br)c(S(=O)(=O)N2CCN(C(=O)C3CC3)CC2)cc1OC. The predicted molar refractivity (Wildman–Crippen MR) is 95.3 cm³/mol. The molecule has 0 atom stereocenters. The number of methoxy groups -OCH3 is 2. The monoisotopic (exact) mass is 432 g/mol. The van der Waals surface area contributed by atoms with Gasteiger partial charge in [0, 0.05) is 42.6 Å². The fourth-order valence-corrected chi connectivity index (χ4v) is 5.33. The van der Waals surface area contributed by atoms with Crippen LogP contribution in [0.3, 0.4) is 0 Å². The van der Waals surface area contributed by atoms with Crippen LogP contribution in [0.4, 0.5) is 0 Å². The van der Waals surface area contributed by atoms with Crippen molar-refractivity contribution >= 4 is 31.9 Å². The quantitative estimate of drug-likeness (QED) is 0.707. The molecule has 0 unspecified atom stereocenters. The molecular formula is C16H21BrN2O5S. The number of nitrogens with zero attached hydrogens (tertiary/aromatic N) is 2. The molecule has 1 saturated carbocycles. The van der Waals surface area contributed by atoms with Crippen LogP contribution in [0.1, 0.15) is 12.8 Å². The Hall–Kier alpha value is -1.32. The first-order valence-electron chi connectivity index (χ1n) is 8.09. The molecule has 1 heterocycles. The number of piperazine rings is 1. The fourth-order valence-electron chi connectivity index (χ4n) is 2.91. The normalized spacial score (nSPS) is 18.9. The number of carbonyl (C=O) groups is 1. The number of sulfonamides is 1. The molecule has 138 valence electrons. The number of ether oxygens (including phenoxy) is 2. The lowest BCUT2D eigenvalue weighted by molar-refractivity contribution is -0.133. The van der Waals surface area contributed by atoms with Gasteiger partial charge in [0.2, 0.25) is 15.9 Å². The van der Waals surface area contributed by atoms with E-state index in [1.807, 2.05) is 0 Å².